The number of nitrogens with two attached hydrogens (primary N) is 1. The highest BCUT2D eigenvalue weighted by atomic mass is 32.1. The fourth-order valence-corrected chi connectivity index (χ4v) is 1.81. The summed E-state index contributed by atoms with van der Waals surface area (Å²) < 4.78 is 0. The van der Waals surface area contributed by atoms with Crippen molar-refractivity contribution >= 4 is 17.1 Å². The predicted octanol–water partition coefficient (Wildman–Crippen LogP) is 1.69. The van der Waals surface area contributed by atoms with Crippen LogP contribution in [0, 0.1) is 6.92 Å². The number of Topliss-reactive ketones (excluding diaryl/α,β-unsaturated/α-hetero) is 1. The van der Waals surface area contributed by atoms with E-state index in [0.717, 1.165) is 17.1 Å². The van der Waals surface area contributed by atoms with E-state index in [4.69, 9.17) is 5.73 Å². The zero-order valence-electron chi connectivity index (χ0n) is 8.62. The summed E-state index contributed by atoms with van der Waals surface area (Å²) in [5.74, 6) is 0.185. The van der Waals surface area contributed by atoms with E-state index in [2.05, 4.69) is 4.98 Å². The van der Waals surface area contributed by atoms with Crippen molar-refractivity contribution in [3.63, 3.8) is 0 Å². The third kappa shape index (κ3) is 3.55. The molecule has 1 rings (SSSR count). The van der Waals surface area contributed by atoms with Crippen molar-refractivity contribution in [2.24, 2.45) is 5.73 Å². The zero-order chi connectivity index (χ0) is 10.6. The Labute approximate surface area is 88.3 Å². The first-order valence-electron chi connectivity index (χ1n) is 4.80. The molecule has 1 aromatic rings. The number of carbonyl (C=O) groups excluding carboxylic acids is 1. The first-order valence-corrected chi connectivity index (χ1v) is 5.68. The molecular formula is C10H16N2OS. The molecular weight excluding hydrogens is 196 g/mol. The molecule has 0 amide bonds. The van der Waals surface area contributed by atoms with Crippen LogP contribution in [0.2, 0.25) is 0 Å². The molecule has 0 aliphatic carbocycles. The Bertz CT molecular complexity index is 309. The van der Waals surface area contributed by atoms with Gasteiger partial charge in [0.2, 0.25) is 0 Å². The van der Waals surface area contributed by atoms with Gasteiger partial charge in [-0.25, -0.2) is 4.98 Å². The minimum atomic E-state index is 0.00207. The molecule has 0 saturated heterocycles. The second-order valence-electron chi connectivity index (χ2n) is 3.45. The lowest BCUT2D eigenvalue weighted by Gasteiger charge is -2.05. The van der Waals surface area contributed by atoms with Crippen molar-refractivity contribution < 1.29 is 4.79 Å². The molecule has 4 heteroatoms. The van der Waals surface area contributed by atoms with Crippen LogP contribution < -0.4 is 5.73 Å². The smallest absolute Gasteiger partial charge is 0.140 e. The molecule has 1 unspecified atom stereocenters. The Kier molecular flexibility index (Phi) is 4.22. The molecule has 0 bridgehead atoms. The summed E-state index contributed by atoms with van der Waals surface area (Å²) >= 11 is 1.58. The maximum Gasteiger partial charge on any atom is 0.140 e. The zero-order valence-corrected chi connectivity index (χ0v) is 9.43. The Hall–Kier alpha value is -0.740. The molecule has 0 aromatic carbocycles. The minimum Gasteiger partial charge on any atom is -0.327 e. The van der Waals surface area contributed by atoms with Crippen LogP contribution in [0.15, 0.2) is 5.38 Å². The molecule has 1 aromatic heterocycles. The Morgan fingerprint density at radius 3 is 2.93 bits per heavy atom. The van der Waals surface area contributed by atoms with Gasteiger partial charge in [-0.1, -0.05) is 6.92 Å². The molecule has 0 radical (unpaired) electrons. The van der Waals surface area contributed by atoms with Crippen molar-refractivity contribution in [2.45, 2.75) is 39.2 Å². The van der Waals surface area contributed by atoms with Gasteiger partial charge in [-0.05, 0) is 13.3 Å². The van der Waals surface area contributed by atoms with E-state index in [0.29, 0.717) is 12.8 Å². The molecule has 14 heavy (non-hydrogen) atoms. The number of thiazole rings is 1. The van der Waals surface area contributed by atoms with E-state index in [-0.39, 0.29) is 11.8 Å². The van der Waals surface area contributed by atoms with E-state index in [1.807, 2.05) is 19.2 Å². The lowest BCUT2D eigenvalue weighted by Crippen LogP contribution is -2.23. The second-order valence-corrected chi connectivity index (χ2v) is 4.51. The second kappa shape index (κ2) is 5.22. The SMILES string of the molecule is CCC(N)CC(=O)Cc1csc(C)n1. The highest BCUT2D eigenvalue weighted by Crippen LogP contribution is 2.09. The third-order valence-corrected chi connectivity index (χ3v) is 2.88. The van der Waals surface area contributed by atoms with E-state index in [1.54, 1.807) is 11.3 Å². The van der Waals surface area contributed by atoms with Crippen LogP contribution in [0.4, 0.5) is 0 Å². The van der Waals surface area contributed by atoms with Gasteiger partial charge in [-0.3, -0.25) is 4.79 Å². The summed E-state index contributed by atoms with van der Waals surface area (Å²) in [6, 6.07) is 0.00207. The minimum absolute atomic E-state index is 0.00207. The number of hydrogen-bond acceptors (Lipinski definition) is 4. The van der Waals surface area contributed by atoms with Crippen molar-refractivity contribution in [1.29, 1.82) is 0 Å². The van der Waals surface area contributed by atoms with Crippen molar-refractivity contribution in [2.75, 3.05) is 0 Å². The van der Waals surface area contributed by atoms with E-state index >= 15 is 0 Å². The van der Waals surface area contributed by atoms with Crippen LogP contribution in [-0.2, 0) is 11.2 Å². The largest absolute Gasteiger partial charge is 0.327 e. The van der Waals surface area contributed by atoms with Crippen molar-refractivity contribution in [3.8, 4) is 0 Å². The molecule has 0 spiro atoms. The number of aryl methyl sites for hydroxylation is 1. The Morgan fingerprint density at radius 2 is 2.43 bits per heavy atom. The molecule has 0 saturated carbocycles. The standard InChI is InChI=1S/C10H16N2OS/c1-3-8(11)4-10(13)5-9-6-14-7(2)12-9/h6,8H,3-5,11H2,1-2H3. The number of aromatic nitrogens is 1. The topological polar surface area (TPSA) is 56.0 Å². The predicted molar refractivity (Wildman–Crippen MR) is 58.4 cm³/mol. The van der Waals surface area contributed by atoms with Gasteiger partial charge >= 0.3 is 0 Å². The summed E-state index contributed by atoms with van der Waals surface area (Å²) in [6.07, 6.45) is 1.74. The molecule has 78 valence electrons. The Balaban J connectivity index is 2.41. The fraction of sp³-hybridized carbons (Fsp3) is 0.600. The average Bonchev–Trinajstić information content (AvgIpc) is 2.50. The third-order valence-electron chi connectivity index (χ3n) is 2.06. The van der Waals surface area contributed by atoms with Crippen LogP contribution in [-0.4, -0.2) is 16.8 Å². The molecule has 1 heterocycles. The van der Waals surface area contributed by atoms with Crippen LogP contribution >= 0.6 is 11.3 Å². The first-order chi connectivity index (χ1) is 6.61. The highest BCUT2D eigenvalue weighted by Gasteiger charge is 2.10. The lowest BCUT2D eigenvalue weighted by atomic mass is 10.1. The van der Waals surface area contributed by atoms with Gasteiger partial charge in [0.15, 0.2) is 0 Å². The van der Waals surface area contributed by atoms with Crippen molar-refractivity contribution in [1.82, 2.24) is 4.98 Å². The maximum absolute atomic E-state index is 11.5. The van der Waals surface area contributed by atoms with Crippen molar-refractivity contribution in [3.05, 3.63) is 16.1 Å². The number of nitrogens with zero attached hydrogens (tertiary/aromatic N) is 1. The van der Waals surface area contributed by atoms with E-state index in [1.165, 1.54) is 0 Å². The highest BCUT2D eigenvalue weighted by molar-refractivity contribution is 7.09. The number of rotatable bonds is 5. The summed E-state index contributed by atoms with van der Waals surface area (Å²) in [5.41, 5.74) is 6.57. The molecule has 0 aliphatic rings. The first kappa shape index (κ1) is 11.3. The number of ketones is 1. The van der Waals surface area contributed by atoms with E-state index in [9.17, 15) is 4.79 Å². The van der Waals surface area contributed by atoms with Gasteiger partial charge in [0.1, 0.15) is 5.78 Å². The van der Waals surface area contributed by atoms with Gasteiger partial charge < -0.3 is 5.73 Å². The monoisotopic (exact) mass is 212 g/mol. The maximum atomic E-state index is 11.5. The van der Waals surface area contributed by atoms with Crippen LogP contribution in [0.1, 0.15) is 30.5 Å². The quantitative estimate of drug-likeness (QED) is 0.808. The molecule has 1 atom stereocenters. The fourth-order valence-electron chi connectivity index (χ4n) is 1.20. The van der Waals surface area contributed by atoms with Gasteiger partial charge in [0.25, 0.3) is 0 Å². The van der Waals surface area contributed by atoms with Gasteiger partial charge in [0, 0.05) is 24.3 Å². The van der Waals surface area contributed by atoms with Crippen LogP contribution in [0.25, 0.3) is 0 Å². The molecule has 2 N–H and O–H groups in total. The van der Waals surface area contributed by atoms with Gasteiger partial charge in [-0.15, -0.1) is 11.3 Å². The van der Waals surface area contributed by atoms with Gasteiger partial charge in [0.05, 0.1) is 10.7 Å². The Morgan fingerprint density at radius 1 is 1.71 bits per heavy atom. The number of hydrogen-bond donors (Lipinski definition) is 1. The number of carbonyl (C=O) groups is 1. The summed E-state index contributed by atoms with van der Waals surface area (Å²) in [4.78, 5) is 15.7. The molecule has 0 fully saturated rings. The molecule has 3 nitrogen and oxygen atoms in total. The van der Waals surface area contributed by atoms with Crippen LogP contribution in [0.3, 0.4) is 0 Å². The summed E-state index contributed by atoms with van der Waals surface area (Å²) in [5, 5.41) is 2.94. The van der Waals surface area contributed by atoms with E-state index < -0.39 is 0 Å². The lowest BCUT2D eigenvalue weighted by molar-refractivity contribution is -0.118. The summed E-state index contributed by atoms with van der Waals surface area (Å²) in [7, 11) is 0. The molecule has 0 aliphatic heterocycles. The van der Waals surface area contributed by atoms with Gasteiger partial charge in [-0.2, -0.15) is 0 Å². The van der Waals surface area contributed by atoms with Crippen LogP contribution in [0.5, 0.6) is 0 Å². The average molecular weight is 212 g/mol. The summed E-state index contributed by atoms with van der Waals surface area (Å²) in [6.45, 7) is 3.93. The normalized spacial score (nSPS) is 12.8.